The largest absolute Gasteiger partial charge is 0.483 e. The van der Waals surface area contributed by atoms with Gasteiger partial charge in [-0.05, 0) is 40.5 Å². The molecule has 0 aliphatic carbocycles. The summed E-state index contributed by atoms with van der Waals surface area (Å²) in [6.45, 7) is 1.92. The van der Waals surface area contributed by atoms with E-state index in [4.69, 9.17) is 4.74 Å². The Morgan fingerprint density at radius 3 is 3.06 bits per heavy atom. The van der Waals surface area contributed by atoms with E-state index < -0.39 is 0 Å². The van der Waals surface area contributed by atoms with E-state index in [1.165, 1.54) is 0 Å². The summed E-state index contributed by atoms with van der Waals surface area (Å²) in [5.74, 6) is 0.777. The van der Waals surface area contributed by atoms with Gasteiger partial charge in [0.05, 0.1) is 4.47 Å². The summed E-state index contributed by atoms with van der Waals surface area (Å²) in [5, 5.41) is 2.58. The summed E-state index contributed by atoms with van der Waals surface area (Å²) >= 11 is 3.38. The minimum Gasteiger partial charge on any atom is -0.483 e. The van der Waals surface area contributed by atoms with Crippen LogP contribution in [0.3, 0.4) is 0 Å². The molecule has 0 aliphatic heterocycles. The summed E-state index contributed by atoms with van der Waals surface area (Å²) in [6.07, 6.45) is 3.19. The highest BCUT2D eigenvalue weighted by atomic mass is 79.9. The van der Waals surface area contributed by atoms with E-state index >= 15 is 0 Å². The molecule has 0 spiro atoms. The molecule has 5 nitrogen and oxygen atoms in total. The molecule has 1 heterocycles. The number of benzene rings is 1. The van der Waals surface area contributed by atoms with E-state index in [9.17, 15) is 4.79 Å². The normalized spacial score (nSPS) is 10.1. The number of aromatic nitrogens is 2. The number of carbonyl (C=O) groups excluding carboxylic acids is 1. The lowest BCUT2D eigenvalue weighted by atomic mass is 10.2. The van der Waals surface area contributed by atoms with Crippen LogP contribution >= 0.6 is 15.9 Å². The summed E-state index contributed by atoms with van der Waals surface area (Å²) in [5.41, 5.74) is 1.12. The molecule has 0 saturated heterocycles. The first-order valence-corrected chi connectivity index (χ1v) is 6.12. The predicted molar refractivity (Wildman–Crippen MR) is 71.6 cm³/mol. The fraction of sp³-hybridized carbons (Fsp3) is 0.167. The van der Waals surface area contributed by atoms with Crippen molar-refractivity contribution in [3.63, 3.8) is 0 Å². The van der Waals surface area contributed by atoms with Crippen LogP contribution in [0.1, 0.15) is 5.56 Å². The molecule has 2 N–H and O–H groups in total. The third-order valence-electron chi connectivity index (χ3n) is 2.20. The van der Waals surface area contributed by atoms with Gasteiger partial charge in [-0.3, -0.25) is 10.1 Å². The van der Waals surface area contributed by atoms with Crippen LogP contribution in [0.5, 0.6) is 5.75 Å². The van der Waals surface area contributed by atoms with Crippen LogP contribution in [-0.2, 0) is 4.79 Å². The molecule has 0 atom stereocenters. The third-order valence-corrected chi connectivity index (χ3v) is 2.82. The van der Waals surface area contributed by atoms with Gasteiger partial charge < -0.3 is 9.72 Å². The molecule has 94 valence electrons. The summed E-state index contributed by atoms with van der Waals surface area (Å²) in [7, 11) is 0. The third kappa shape index (κ3) is 3.33. The van der Waals surface area contributed by atoms with Crippen molar-refractivity contribution in [1.29, 1.82) is 0 Å². The number of hydrogen-bond donors (Lipinski definition) is 2. The zero-order chi connectivity index (χ0) is 13.0. The van der Waals surface area contributed by atoms with Crippen molar-refractivity contribution < 1.29 is 9.53 Å². The fourth-order valence-electron chi connectivity index (χ4n) is 1.37. The Bertz CT molecular complexity index is 540. The van der Waals surface area contributed by atoms with Gasteiger partial charge in [0.15, 0.2) is 6.61 Å². The zero-order valence-corrected chi connectivity index (χ0v) is 11.3. The number of nitrogens with zero attached hydrogens (tertiary/aromatic N) is 1. The Balaban J connectivity index is 1.89. The number of aromatic amines is 1. The number of carbonyl (C=O) groups is 1. The molecule has 1 amide bonds. The molecule has 18 heavy (non-hydrogen) atoms. The lowest BCUT2D eigenvalue weighted by molar-refractivity contribution is -0.118. The molecule has 0 bridgehead atoms. The van der Waals surface area contributed by atoms with Crippen molar-refractivity contribution in [2.45, 2.75) is 6.92 Å². The highest BCUT2D eigenvalue weighted by Crippen LogP contribution is 2.25. The number of ether oxygens (including phenoxy) is 1. The van der Waals surface area contributed by atoms with Gasteiger partial charge in [-0.2, -0.15) is 0 Å². The standard InChI is InChI=1S/C12H12BrN3O2/c1-8-2-3-10(9(13)6-8)18-7-11(17)16-12-14-4-5-15-12/h2-6H,7H2,1H3,(H2,14,15,16,17). The van der Waals surface area contributed by atoms with Gasteiger partial charge in [0.1, 0.15) is 5.75 Å². The molecule has 0 fully saturated rings. The number of rotatable bonds is 4. The minimum atomic E-state index is -0.266. The highest BCUT2D eigenvalue weighted by molar-refractivity contribution is 9.10. The van der Waals surface area contributed by atoms with E-state index in [2.05, 4.69) is 31.2 Å². The number of imidazole rings is 1. The van der Waals surface area contributed by atoms with E-state index in [0.29, 0.717) is 11.7 Å². The van der Waals surface area contributed by atoms with E-state index in [-0.39, 0.29) is 12.5 Å². The Hall–Kier alpha value is -1.82. The topological polar surface area (TPSA) is 67.0 Å². The average molecular weight is 310 g/mol. The van der Waals surface area contributed by atoms with Crippen LogP contribution in [0.15, 0.2) is 35.1 Å². The molecular weight excluding hydrogens is 298 g/mol. The maximum Gasteiger partial charge on any atom is 0.264 e. The van der Waals surface area contributed by atoms with E-state index in [0.717, 1.165) is 10.0 Å². The Morgan fingerprint density at radius 1 is 1.56 bits per heavy atom. The second-order valence-electron chi connectivity index (χ2n) is 3.71. The van der Waals surface area contributed by atoms with Crippen molar-refractivity contribution in [2.24, 2.45) is 0 Å². The van der Waals surface area contributed by atoms with Crippen LogP contribution in [-0.4, -0.2) is 22.5 Å². The molecule has 2 aromatic rings. The van der Waals surface area contributed by atoms with Gasteiger partial charge in [0.25, 0.3) is 5.91 Å². The number of hydrogen-bond acceptors (Lipinski definition) is 3. The summed E-state index contributed by atoms with van der Waals surface area (Å²) < 4.78 is 6.23. The van der Waals surface area contributed by atoms with Gasteiger partial charge in [-0.1, -0.05) is 6.07 Å². The van der Waals surface area contributed by atoms with Crippen LogP contribution in [0.2, 0.25) is 0 Å². The lowest BCUT2D eigenvalue weighted by Crippen LogP contribution is -2.20. The summed E-state index contributed by atoms with van der Waals surface area (Å²) in [6, 6.07) is 5.67. The molecule has 0 unspecified atom stereocenters. The number of aryl methyl sites for hydroxylation is 1. The van der Waals surface area contributed by atoms with E-state index in [1.54, 1.807) is 12.4 Å². The van der Waals surface area contributed by atoms with E-state index in [1.807, 2.05) is 25.1 Å². The first-order chi connectivity index (χ1) is 8.65. The fourth-order valence-corrected chi connectivity index (χ4v) is 1.98. The lowest BCUT2D eigenvalue weighted by Gasteiger charge is -2.08. The Labute approximate surface area is 113 Å². The molecule has 1 aromatic carbocycles. The number of anilines is 1. The molecule has 1 aromatic heterocycles. The number of halogens is 1. The second-order valence-corrected chi connectivity index (χ2v) is 4.56. The van der Waals surface area contributed by atoms with Gasteiger partial charge in [0.2, 0.25) is 5.95 Å². The molecular formula is C12H12BrN3O2. The minimum absolute atomic E-state index is 0.0671. The summed E-state index contributed by atoms with van der Waals surface area (Å²) in [4.78, 5) is 18.2. The Kier molecular flexibility index (Phi) is 3.99. The molecule has 0 aliphatic rings. The number of nitrogens with one attached hydrogen (secondary N) is 2. The first-order valence-electron chi connectivity index (χ1n) is 5.33. The molecule has 0 saturated carbocycles. The SMILES string of the molecule is Cc1ccc(OCC(=O)Nc2ncc[nH]2)c(Br)c1. The first kappa shape index (κ1) is 12.6. The van der Waals surface area contributed by atoms with Crippen molar-refractivity contribution in [3.05, 3.63) is 40.6 Å². The van der Waals surface area contributed by atoms with Crippen molar-refractivity contribution in [1.82, 2.24) is 9.97 Å². The maximum atomic E-state index is 11.6. The predicted octanol–water partition coefficient (Wildman–Crippen LogP) is 2.50. The highest BCUT2D eigenvalue weighted by Gasteiger charge is 2.07. The van der Waals surface area contributed by atoms with Crippen molar-refractivity contribution >= 4 is 27.8 Å². The van der Waals surface area contributed by atoms with Gasteiger partial charge in [-0.15, -0.1) is 0 Å². The Morgan fingerprint density at radius 2 is 2.39 bits per heavy atom. The quantitative estimate of drug-likeness (QED) is 0.912. The molecule has 6 heteroatoms. The van der Waals surface area contributed by atoms with Gasteiger partial charge >= 0.3 is 0 Å². The van der Waals surface area contributed by atoms with Crippen molar-refractivity contribution in [2.75, 3.05) is 11.9 Å². The van der Waals surface area contributed by atoms with Crippen molar-refractivity contribution in [3.8, 4) is 5.75 Å². The molecule has 0 radical (unpaired) electrons. The van der Waals surface area contributed by atoms with Crippen LogP contribution in [0, 0.1) is 6.92 Å². The number of amides is 1. The monoisotopic (exact) mass is 309 g/mol. The number of H-pyrrole nitrogens is 1. The van der Waals surface area contributed by atoms with Gasteiger partial charge in [0, 0.05) is 12.4 Å². The van der Waals surface area contributed by atoms with Crippen LogP contribution < -0.4 is 10.1 Å². The average Bonchev–Trinajstić information content (AvgIpc) is 2.80. The molecule has 2 rings (SSSR count). The zero-order valence-electron chi connectivity index (χ0n) is 9.74. The maximum absolute atomic E-state index is 11.6. The van der Waals surface area contributed by atoms with Crippen LogP contribution in [0.25, 0.3) is 0 Å². The second kappa shape index (κ2) is 5.68. The van der Waals surface area contributed by atoms with Gasteiger partial charge in [-0.25, -0.2) is 4.98 Å². The smallest absolute Gasteiger partial charge is 0.264 e. The van der Waals surface area contributed by atoms with Crippen LogP contribution in [0.4, 0.5) is 5.95 Å².